The molecule has 0 amide bonds. The van der Waals surface area contributed by atoms with Crippen LogP contribution >= 0.6 is 0 Å². The quantitative estimate of drug-likeness (QED) is 0.302. The van der Waals surface area contributed by atoms with E-state index in [1.165, 1.54) is 11.1 Å². The zero-order valence-electron chi connectivity index (χ0n) is 16.8. The minimum absolute atomic E-state index is 0.924. The van der Waals surface area contributed by atoms with Gasteiger partial charge < -0.3 is 4.42 Å². The maximum absolute atomic E-state index is 6.21. The fraction of sp³-hybridized carbons (Fsp3) is 0. The van der Waals surface area contributed by atoms with Crippen molar-refractivity contribution in [2.45, 2.75) is 0 Å². The SMILES string of the molecule is c1ccc(-c2cccc(-c3ccc(-c4cccc5c4oc4ccccc45)cc3)c2)nc1. The molecule has 0 radical (unpaired) electrons. The van der Waals surface area contributed by atoms with Gasteiger partial charge in [-0.2, -0.15) is 0 Å². The van der Waals surface area contributed by atoms with Crippen LogP contribution in [-0.2, 0) is 0 Å². The van der Waals surface area contributed by atoms with Gasteiger partial charge in [-0.1, -0.05) is 84.9 Å². The number of nitrogens with zero attached hydrogens (tertiary/aromatic N) is 1. The lowest BCUT2D eigenvalue weighted by molar-refractivity contribution is 0.670. The number of fused-ring (bicyclic) bond motifs is 3. The van der Waals surface area contributed by atoms with Gasteiger partial charge in [0.2, 0.25) is 0 Å². The Balaban J connectivity index is 1.40. The molecule has 0 aliphatic carbocycles. The number of hydrogen-bond donors (Lipinski definition) is 0. The topological polar surface area (TPSA) is 26.0 Å². The zero-order chi connectivity index (χ0) is 20.6. The number of aromatic nitrogens is 1. The monoisotopic (exact) mass is 397 g/mol. The van der Waals surface area contributed by atoms with E-state index in [0.717, 1.165) is 44.3 Å². The third-order valence-corrected chi connectivity index (χ3v) is 5.76. The molecule has 6 aromatic rings. The van der Waals surface area contributed by atoms with Crippen LogP contribution in [0, 0.1) is 0 Å². The Morgan fingerprint density at radius 1 is 0.516 bits per heavy atom. The van der Waals surface area contributed by atoms with E-state index >= 15 is 0 Å². The Hall–Kier alpha value is -4.17. The Labute approximate surface area is 180 Å². The van der Waals surface area contributed by atoms with Gasteiger partial charge in [0.25, 0.3) is 0 Å². The van der Waals surface area contributed by atoms with Crippen molar-refractivity contribution < 1.29 is 4.42 Å². The third-order valence-electron chi connectivity index (χ3n) is 5.76. The summed E-state index contributed by atoms with van der Waals surface area (Å²) in [4.78, 5) is 4.47. The van der Waals surface area contributed by atoms with Gasteiger partial charge in [0.05, 0.1) is 5.69 Å². The molecule has 0 atom stereocenters. The highest BCUT2D eigenvalue weighted by atomic mass is 16.3. The van der Waals surface area contributed by atoms with Crippen molar-refractivity contribution in [3.8, 4) is 33.5 Å². The lowest BCUT2D eigenvalue weighted by Crippen LogP contribution is -1.84. The van der Waals surface area contributed by atoms with Crippen molar-refractivity contribution in [1.29, 1.82) is 0 Å². The van der Waals surface area contributed by atoms with Crippen LogP contribution in [0.1, 0.15) is 0 Å². The van der Waals surface area contributed by atoms with E-state index in [1.54, 1.807) is 0 Å². The van der Waals surface area contributed by atoms with Crippen molar-refractivity contribution in [3.63, 3.8) is 0 Å². The van der Waals surface area contributed by atoms with Crippen LogP contribution in [0.3, 0.4) is 0 Å². The Bertz CT molecular complexity index is 1510. The number of pyridine rings is 1. The molecule has 31 heavy (non-hydrogen) atoms. The van der Waals surface area contributed by atoms with Crippen LogP contribution in [-0.4, -0.2) is 4.98 Å². The second-order valence-corrected chi connectivity index (χ2v) is 7.65. The Morgan fingerprint density at radius 3 is 2.13 bits per heavy atom. The normalized spacial score (nSPS) is 11.2. The van der Waals surface area contributed by atoms with Crippen LogP contribution in [0.4, 0.5) is 0 Å². The smallest absolute Gasteiger partial charge is 0.143 e. The summed E-state index contributed by atoms with van der Waals surface area (Å²) in [5.41, 5.74) is 8.58. The standard InChI is InChI=1S/C29H19NO/c1-2-13-28-25(9-1)26-11-6-10-24(29(26)31-28)21-16-14-20(15-17-21)22-7-5-8-23(19-22)27-12-3-4-18-30-27/h1-19H. The summed E-state index contributed by atoms with van der Waals surface area (Å²) in [6, 6.07) is 37.8. The molecule has 0 fully saturated rings. The fourth-order valence-corrected chi connectivity index (χ4v) is 4.21. The number of benzene rings is 4. The minimum atomic E-state index is 0.924. The van der Waals surface area contributed by atoms with E-state index in [-0.39, 0.29) is 0 Å². The first-order chi connectivity index (χ1) is 15.4. The molecule has 146 valence electrons. The first-order valence-corrected chi connectivity index (χ1v) is 10.4. The summed E-state index contributed by atoms with van der Waals surface area (Å²) in [6.07, 6.45) is 1.83. The van der Waals surface area contributed by atoms with E-state index in [9.17, 15) is 0 Å². The minimum Gasteiger partial charge on any atom is -0.455 e. The summed E-state index contributed by atoms with van der Waals surface area (Å²) in [5.74, 6) is 0. The van der Waals surface area contributed by atoms with Gasteiger partial charge in [-0.15, -0.1) is 0 Å². The van der Waals surface area contributed by atoms with Gasteiger partial charge in [0, 0.05) is 28.1 Å². The summed E-state index contributed by atoms with van der Waals surface area (Å²) in [6.45, 7) is 0. The molecule has 2 heteroatoms. The van der Waals surface area contributed by atoms with Gasteiger partial charge in [0.15, 0.2) is 0 Å². The second kappa shape index (κ2) is 7.26. The number of hydrogen-bond acceptors (Lipinski definition) is 2. The fourth-order valence-electron chi connectivity index (χ4n) is 4.21. The van der Waals surface area contributed by atoms with Gasteiger partial charge in [-0.25, -0.2) is 0 Å². The van der Waals surface area contributed by atoms with Crippen molar-refractivity contribution >= 4 is 21.9 Å². The molecule has 0 saturated heterocycles. The van der Waals surface area contributed by atoms with Crippen LogP contribution in [0.2, 0.25) is 0 Å². The van der Waals surface area contributed by atoms with Crippen LogP contribution in [0.25, 0.3) is 55.4 Å². The predicted octanol–water partition coefficient (Wildman–Crippen LogP) is 7.98. The van der Waals surface area contributed by atoms with Crippen molar-refractivity contribution in [2.75, 3.05) is 0 Å². The molecule has 2 heterocycles. The lowest BCUT2D eigenvalue weighted by Gasteiger charge is -2.08. The molecule has 0 N–H and O–H groups in total. The molecule has 0 aliphatic rings. The highest BCUT2D eigenvalue weighted by molar-refractivity contribution is 6.09. The zero-order valence-corrected chi connectivity index (χ0v) is 16.8. The van der Waals surface area contributed by atoms with Gasteiger partial charge in [-0.3, -0.25) is 4.98 Å². The van der Waals surface area contributed by atoms with Gasteiger partial charge >= 0.3 is 0 Å². The van der Waals surface area contributed by atoms with E-state index in [4.69, 9.17) is 4.42 Å². The molecule has 0 unspecified atom stereocenters. The summed E-state index contributed by atoms with van der Waals surface area (Å²) in [7, 11) is 0. The van der Waals surface area contributed by atoms with Gasteiger partial charge in [-0.05, 0) is 41.0 Å². The average molecular weight is 397 g/mol. The number of furan rings is 1. The summed E-state index contributed by atoms with van der Waals surface area (Å²) in [5, 5.41) is 2.31. The van der Waals surface area contributed by atoms with Crippen molar-refractivity contribution in [2.24, 2.45) is 0 Å². The molecule has 0 bridgehead atoms. The van der Waals surface area contributed by atoms with E-state index in [2.05, 4.69) is 83.8 Å². The molecule has 2 aromatic heterocycles. The van der Waals surface area contributed by atoms with Gasteiger partial charge in [0.1, 0.15) is 11.2 Å². The number of rotatable bonds is 3. The predicted molar refractivity (Wildman–Crippen MR) is 128 cm³/mol. The highest BCUT2D eigenvalue weighted by Crippen LogP contribution is 2.36. The molecular weight excluding hydrogens is 378 g/mol. The van der Waals surface area contributed by atoms with Crippen molar-refractivity contribution in [1.82, 2.24) is 4.98 Å². The first-order valence-electron chi connectivity index (χ1n) is 10.4. The number of para-hydroxylation sites is 2. The maximum Gasteiger partial charge on any atom is 0.143 e. The largest absolute Gasteiger partial charge is 0.455 e. The Kier molecular flexibility index (Phi) is 4.14. The third kappa shape index (κ3) is 3.10. The van der Waals surface area contributed by atoms with Crippen LogP contribution in [0.15, 0.2) is 120 Å². The molecular formula is C29H19NO. The average Bonchev–Trinajstić information content (AvgIpc) is 3.24. The second-order valence-electron chi connectivity index (χ2n) is 7.65. The first kappa shape index (κ1) is 17.7. The molecule has 0 spiro atoms. The Morgan fingerprint density at radius 2 is 1.26 bits per heavy atom. The van der Waals surface area contributed by atoms with Crippen LogP contribution < -0.4 is 0 Å². The van der Waals surface area contributed by atoms with E-state index in [1.807, 2.05) is 36.5 Å². The molecule has 2 nitrogen and oxygen atoms in total. The molecule has 4 aromatic carbocycles. The highest BCUT2D eigenvalue weighted by Gasteiger charge is 2.12. The van der Waals surface area contributed by atoms with Crippen LogP contribution in [0.5, 0.6) is 0 Å². The molecule has 0 saturated carbocycles. The maximum atomic E-state index is 6.21. The summed E-state index contributed by atoms with van der Waals surface area (Å²) >= 11 is 0. The van der Waals surface area contributed by atoms with Crippen molar-refractivity contribution in [3.05, 3.63) is 115 Å². The lowest BCUT2D eigenvalue weighted by atomic mass is 9.97. The van der Waals surface area contributed by atoms with E-state index < -0.39 is 0 Å². The summed E-state index contributed by atoms with van der Waals surface area (Å²) < 4.78 is 6.21. The molecule has 6 rings (SSSR count). The molecule has 0 aliphatic heterocycles. The van der Waals surface area contributed by atoms with E-state index in [0.29, 0.717) is 0 Å².